The summed E-state index contributed by atoms with van der Waals surface area (Å²) in [6.45, 7) is 2.10. The molecule has 0 aliphatic carbocycles. The van der Waals surface area contributed by atoms with E-state index in [1.54, 1.807) is 13.0 Å². The number of carbonyl (C=O) groups is 1. The predicted octanol–water partition coefficient (Wildman–Crippen LogP) is 0.680. The molecule has 1 N–H and O–H groups in total. The summed E-state index contributed by atoms with van der Waals surface area (Å²) in [7, 11) is 0. The third-order valence-electron chi connectivity index (χ3n) is 1.55. The Balaban J connectivity index is 2.55. The van der Waals surface area contributed by atoms with E-state index in [1.807, 2.05) is 0 Å². The van der Waals surface area contributed by atoms with Gasteiger partial charge in [0.1, 0.15) is 6.42 Å². The fraction of sp³-hybridized carbons (Fsp3) is 0.273. The van der Waals surface area contributed by atoms with Crippen LogP contribution in [-0.4, -0.2) is 17.6 Å². The minimum atomic E-state index is -0.338. The summed E-state index contributed by atoms with van der Waals surface area (Å²) in [6.07, 6.45) is 1.56. The topological polar surface area (TPSA) is 59.2 Å². The molecule has 0 saturated carbocycles. The zero-order chi connectivity index (χ0) is 11.1. The van der Waals surface area contributed by atoms with Crippen molar-refractivity contribution in [3.8, 4) is 11.8 Å². The molecule has 0 aliphatic heterocycles. The van der Waals surface area contributed by atoms with Gasteiger partial charge >= 0.3 is 5.97 Å². The second-order valence-corrected chi connectivity index (χ2v) is 2.73. The first-order valence-electron chi connectivity index (χ1n) is 4.55. The first kappa shape index (κ1) is 11.1. The number of rotatable bonds is 2. The monoisotopic (exact) mass is 205 g/mol. The number of carbonyl (C=O) groups excluding carboxylic acids is 1. The van der Waals surface area contributed by atoms with Crippen LogP contribution in [0.5, 0.6) is 0 Å². The fourth-order valence-corrected chi connectivity index (χ4v) is 0.919. The lowest BCUT2D eigenvalue weighted by Gasteiger charge is -1.94. The zero-order valence-corrected chi connectivity index (χ0v) is 8.37. The number of ether oxygens (including phenoxy) is 1. The molecule has 0 radical (unpaired) electrons. The number of H-pyrrole nitrogens is 1. The van der Waals surface area contributed by atoms with Crippen molar-refractivity contribution < 1.29 is 9.53 Å². The lowest BCUT2D eigenvalue weighted by Crippen LogP contribution is -2.02. The largest absolute Gasteiger partial charge is 0.465 e. The first-order chi connectivity index (χ1) is 7.22. The molecule has 0 amide bonds. The van der Waals surface area contributed by atoms with Gasteiger partial charge in [0.15, 0.2) is 0 Å². The van der Waals surface area contributed by atoms with Crippen molar-refractivity contribution in [2.24, 2.45) is 0 Å². The van der Waals surface area contributed by atoms with Gasteiger partial charge in [-0.15, -0.1) is 0 Å². The Morgan fingerprint density at radius 3 is 2.93 bits per heavy atom. The highest BCUT2D eigenvalue weighted by Crippen LogP contribution is 1.90. The lowest BCUT2D eigenvalue weighted by molar-refractivity contribution is -0.141. The summed E-state index contributed by atoms with van der Waals surface area (Å²) < 4.78 is 4.70. The molecule has 0 fully saturated rings. The smallest absolute Gasteiger partial charge is 0.317 e. The lowest BCUT2D eigenvalue weighted by atomic mass is 10.3. The molecular weight excluding hydrogens is 194 g/mol. The summed E-state index contributed by atoms with van der Waals surface area (Å²) in [5, 5.41) is 0. The number of pyridine rings is 1. The van der Waals surface area contributed by atoms with Crippen LogP contribution in [0, 0.1) is 11.8 Å². The van der Waals surface area contributed by atoms with Crippen LogP contribution in [0.15, 0.2) is 23.1 Å². The number of hydrogen-bond acceptors (Lipinski definition) is 3. The Labute approximate surface area is 87.3 Å². The van der Waals surface area contributed by atoms with Gasteiger partial charge in [0.2, 0.25) is 5.56 Å². The second kappa shape index (κ2) is 5.66. The third kappa shape index (κ3) is 4.14. The molecule has 78 valence electrons. The Morgan fingerprint density at radius 1 is 1.53 bits per heavy atom. The minimum absolute atomic E-state index is 0.0625. The van der Waals surface area contributed by atoms with Crippen molar-refractivity contribution in [2.45, 2.75) is 13.3 Å². The molecular formula is C11H11NO3. The Morgan fingerprint density at radius 2 is 2.33 bits per heavy atom. The van der Waals surface area contributed by atoms with Crippen LogP contribution in [0.1, 0.15) is 18.9 Å². The number of hydrogen-bond donors (Lipinski definition) is 1. The van der Waals surface area contributed by atoms with Crippen LogP contribution >= 0.6 is 0 Å². The molecule has 1 aromatic heterocycles. The highest BCUT2D eigenvalue weighted by Gasteiger charge is 1.95. The highest BCUT2D eigenvalue weighted by atomic mass is 16.5. The molecule has 0 spiro atoms. The maximum absolute atomic E-state index is 10.9. The molecule has 4 nitrogen and oxygen atoms in total. The molecule has 1 rings (SSSR count). The van der Waals surface area contributed by atoms with Crippen molar-refractivity contribution in [1.82, 2.24) is 4.98 Å². The van der Waals surface area contributed by atoms with E-state index in [4.69, 9.17) is 4.74 Å². The molecule has 1 aromatic rings. The average Bonchev–Trinajstić information content (AvgIpc) is 2.21. The fourth-order valence-electron chi connectivity index (χ4n) is 0.919. The van der Waals surface area contributed by atoms with Gasteiger partial charge in [-0.2, -0.15) is 0 Å². The van der Waals surface area contributed by atoms with Gasteiger partial charge in [-0.3, -0.25) is 9.59 Å². The third-order valence-corrected chi connectivity index (χ3v) is 1.55. The van der Waals surface area contributed by atoms with Crippen LogP contribution < -0.4 is 5.56 Å². The SMILES string of the molecule is CCOC(=O)CC#Cc1ccc(=O)[nH]c1. The summed E-state index contributed by atoms with van der Waals surface area (Å²) in [5.74, 6) is 5.06. The number of esters is 1. The van der Waals surface area contributed by atoms with Crippen molar-refractivity contribution >= 4 is 5.97 Å². The molecule has 4 heteroatoms. The van der Waals surface area contributed by atoms with Gasteiger partial charge in [-0.1, -0.05) is 11.8 Å². The van der Waals surface area contributed by atoms with E-state index in [0.717, 1.165) is 0 Å². The maximum atomic E-state index is 10.9. The van der Waals surface area contributed by atoms with Crippen molar-refractivity contribution in [2.75, 3.05) is 6.61 Å². The number of aromatic amines is 1. The first-order valence-corrected chi connectivity index (χ1v) is 4.55. The Hall–Kier alpha value is -2.02. The zero-order valence-electron chi connectivity index (χ0n) is 8.37. The van der Waals surface area contributed by atoms with Crippen LogP contribution in [0.4, 0.5) is 0 Å². The Kier molecular flexibility index (Phi) is 4.17. The standard InChI is InChI=1S/C11H11NO3/c1-2-15-11(14)5-3-4-9-6-7-10(13)12-8-9/h6-8H,2,5H2,1H3,(H,12,13). The van der Waals surface area contributed by atoms with E-state index in [1.165, 1.54) is 12.3 Å². The normalized spacial score (nSPS) is 8.87. The van der Waals surface area contributed by atoms with Crippen LogP contribution in [0.3, 0.4) is 0 Å². The van der Waals surface area contributed by atoms with Gasteiger partial charge in [0.25, 0.3) is 0 Å². The van der Waals surface area contributed by atoms with Gasteiger partial charge in [-0.25, -0.2) is 0 Å². The average molecular weight is 205 g/mol. The van der Waals surface area contributed by atoms with Crippen molar-refractivity contribution in [1.29, 1.82) is 0 Å². The number of nitrogens with one attached hydrogen (secondary N) is 1. The molecule has 0 atom stereocenters. The van der Waals surface area contributed by atoms with E-state index in [0.29, 0.717) is 12.2 Å². The van der Waals surface area contributed by atoms with E-state index in [9.17, 15) is 9.59 Å². The molecule has 0 unspecified atom stereocenters. The maximum Gasteiger partial charge on any atom is 0.317 e. The second-order valence-electron chi connectivity index (χ2n) is 2.73. The molecule has 0 aromatic carbocycles. The van der Waals surface area contributed by atoms with E-state index in [-0.39, 0.29) is 17.9 Å². The van der Waals surface area contributed by atoms with Gasteiger partial charge in [-0.05, 0) is 13.0 Å². The van der Waals surface area contributed by atoms with Gasteiger partial charge in [0.05, 0.1) is 6.61 Å². The van der Waals surface area contributed by atoms with E-state index >= 15 is 0 Å². The number of aromatic nitrogens is 1. The van der Waals surface area contributed by atoms with Crippen LogP contribution in [-0.2, 0) is 9.53 Å². The molecule has 0 saturated heterocycles. The minimum Gasteiger partial charge on any atom is -0.465 e. The summed E-state index contributed by atoms with van der Waals surface area (Å²) in [5.41, 5.74) is 0.491. The van der Waals surface area contributed by atoms with E-state index < -0.39 is 0 Å². The quantitative estimate of drug-likeness (QED) is 0.570. The summed E-state index contributed by atoms with van der Waals surface area (Å²) >= 11 is 0. The molecule has 15 heavy (non-hydrogen) atoms. The summed E-state index contributed by atoms with van der Waals surface area (Å²) in [4.78, 5) is 24.1. The predicted molar refractivity (Wildman–Crippen MR) is 55.2 cm³/mol. The highest BCUT2D eigenvalue weighted by molar-refractivity contribution is 5.72. The Bertz CT molecular complexity index is 430. The van der Waals surface area contributed by atoms with Crippen LogP contribution in [0.25, 0.3) is 0 Å². The van der Waals surface area contributed by atoms with Crippen molar-refractivity contribution in [3.63, 3.8) is 0 Å². The van der Waals surface area contributed by atoms with E-state index in [2.05, 4.69) is 16.8 Å². The molecule has 1 heterocycles. The van der Waals surface area contributed by atoms with Gasteiger partial charge < -0.3 is 9.72 Å². The molecule has 0 bridgehead atoms. The molecule has 0 aliphatic rings. The van der Waals surface area contributed by atoms with Crippen molar-refractivity contribution in [3.05, 3.63) is 34.2 Å². The van der Waals surface area contributed by atoms with Gasteiger partial charge in [0, 0.05) is 17.8 Å². The summed E-state index contributed by atoms with van der Waals surface area (Å²) in [6, 6.07) is 2.98. The van der Waals surface area contributed by atoms with Crippen LogP contribution in [0.2, 0.25) is 0 Å².